The van der Waals surface area contributed by atoms with Gasteiger partial charge in [-0.25, -0.2) is 0 Å². The first kappa shape index (κ1) is 7.96. The monoisotopic (exact) mass is 115 g/mol. The van der Waals surface area contributed by atoms with Crippen molar-refractivity contribution in [3.8, 4) is 0 Å². The SMILES string of the molecule is CC[C@H](C)CC(C)N. The van der Waals surface area contributed by atoms with E-state index in [0.717, 1.165) is 12.3 Å². The molecule has 50 valence electrons. The van der Waals surface area contributed by atoms with Gasteiger partial charge in [-0.2, -0.15) is 0 Å². The van der Waals surface area contributed by atoms with Crippen LogP contribution in [-0.2, 0) is 0 Å². The first-order valence-corrected chi connectivity index (χ1v) is 3.42. The van der Waals surface area contributed by atoms with E-state index in [9.17, 15) is 0 Å². The Hall–Kier alpha value is -0.0400. The van der Waals surface area contributed by atoms with E-state index in [4.69, 9.17) is 5.73 Å². The van der Waals surface area contributed by atoms with Gasteiger partial charge < -0.3 is 5.73 Å². The molecule has 0 aliphatic heterocycles. The zero-order valence-corrected chi connectivity index (χ0v) is 6.15. The lowest BCUT2D eigenvalue weighted by Gasteiger charge is -2.09. The Morgan fingerprint density at radius 3 is 2.00 bits per heavy atom. The Balaban J connectivity index is 3.10. The Bertz CT molecular complexity index is 50.3. The quantitative estimate of drug-likeness (QED) is 0.596. The fourth-order valence-electron chi connectivity index (χ4n) is 0.801. The van der Waals surface area contributed by atoms with Crippen LogP contribution in [0, 0.1) is 5.92 Å². The Morgan fingerprint density at radius 2 is 1.88 bits per heavy atom. The maximum absolute atomic E-state index is 5.57. The third-order valence-corrected chi connectivity index (χ3v) is 1.47. The van der Waals surface area contributed by atoms with E-state index in [2.05, 4.69) is 20.8 Å². The molecule has 8 heavy (non-hydrogen) atoms. The minimum absolute atomic E-state index is 0.380. The lowest BCUT2D eigenvalue weighted by Crippen LogP contribution is -2.17. The molecule has 1 unspecified atom stereocenters. The summed E-state index contributed by atoms with van der Waals surface area (Å²) in [5, 5.41) is 0. The van der Waals surface area contributed by atoms with Gasteiger partial charge in [0.15, 0.2) is 0 Å². The number of hydrogen-bond donors (Lipinski definition) is 1. The first-order chi connectivity index (χ1) is 3.66. The lowest BCUT2D eigenvalue weighted by molar-refractivity contribution is 0.469. The summed E-state index contributed by atoms with van der Waals surface area (Å²) in [6, 6.07) is 0.380. The van der Waals surface area contributed by atoms with Crippen LogP contribution in [0.15, 0.2) is 0 Å². The number of hydrogen-bond acceptors (Lipinski definition) is 1. The number of rotatable bonds is 3. The van der Waals surface area contributed by atoms with Crippen molar-refractivity contribution in [2.24, 2.45) is 11.7 Å². The van der Waals surface area contributed by atoms with Gasteiger partial charge in [-0.1, -0.05) is 20.3 Å². The Labute approximate surface area is 52.3 Å². The molecule has 0 amide bonds. The summed E-state index contributed by atoms with van der Waals surface area (Å²) in [6.45, 7) is 6.50. The van der Waals surface area contributed by atoms with E-state index in [1.807, 2.05) is 0 Å². The maximum atomic E-state index is 5.57. The highest BCUT2D eigenvalue weighted by Gasteiger charge is 2.00. The standard InChI is InChI=1S/C7H17N/c1-4-6(2)5-7(3)8/h6-7H,4-5,8H2,1-3H3/t6-,7?/m0/s1. The molecule has 0 aromatic carbocycles. The van der Waals surface area contributed by atoms with Crippen LogP contribution in [0.25, 0.3) is 0 Å². The molecule has 0 aromatic heterocycles. The molecule has 0 saturated carbocycles. The van der Waals surface area contributed by atoms with Crippen molar-refractivity contribution < 1.29 is 0 Å². The third-order valence-electron chi connectivity index (χ3n) is 1.47. The van der Waals surface area contributed by atoms with Crippen molar-refractivity contribution in [3.05, 3.63) is 0 Å². The number of nitrogens with two attached hydrogens (primary N) is 1. The van der Waals surface area contributed by atoms with E-state index in [1.165, 1.54) is 6.42 Å². The minimum atomic E-state index is 0.380. The zero-order chi connectivity index (χ0) is 6.57. The van der Waals surface area contributed by atoms with E-state index in [0.29, 0.717) is 6.04 Å². The molecule has 0 radical (unpaired) electrons. The molecule has 0 aliphatic carbocycles. The predicted molar refractivity (Wildman–Crippen MR) is 37.7 cm³/mol. The molecule has 2 N–H and O–H groups in total. The molecular formula is C7H17N. The molecule has 1 nitrogen and oxygen atoms in total. The van der Waals surface area contributed by atoms with Gasteiger partial charge in [0.25, 0.3) is 0 Å². The zero-order valence-electron chi connectivity index (χ0n) is 6.15. The van der Waals surface area contributed by atoms with Gasteiger partial charge in [-0.3, -0.25) is 0 Å². The fourth-order valence-corrected chi connectivity index (χ4v) is 0.801. The van der Waals surface area contributed by atoms with E-state index in [-0.39, 0.29) is 0 Å². The second-order valence-corrected chi connectivity index (χ2v) is 2.73. The molecule has 0 fully saturated rings. The Kier molecular flexibility index (Phi) is 3.88. The highest BCUT2D eigenvalue weighted by atomic mass is 14.6. The van der Waals surface area contributed by atoms with E-state index in [1.54, 1.807) is 0 Å². The first-order valence-electron chi connectivity index (χ1n) is 3.42. The van der Waals surface area contributed by atoms with Gasteiger partial charge in [0.2, 0.25) is 0 Å². The normalized spacial score (nSPS) is 18.0. The van der Waals surface area contributed by atoms with Gasteiger partial charge in [-0.15, -0.1) is 0 Å². The van der Waals surface area contributed by atoms with Gasteiger partial charge in [0.05, 0.1) is 0 Å². The molecule has 0 heterocycles. The van der Waals surface area contributed by atoms with E-state index < -0.39 is 0 Å². The molecule has 1 heteroatoms. The predicted octanol–water partition coefficient (Wildman–Crippen LogP) is 1.77. The molecule has 0 rings (SSSR count). The maximum Gasteiger partial charge on any atom is 0.00130 e. The molecule has 2 atom stereocenters. The van der Waals surface area contributed by atoms with Crippen LogP contribution in [0.5, 0.6) is 0 Å². The van der Waals surface area contributed by atoms with Crippen LogP contribution >= 0.6 is 0 Å². The van der Waals surface area contributed by atoms with Crippen LogP contribution in [0.1, 0.15) is 33.6 Å². The molecule has 0 saturated heterocycles. The van der Waals surface area contributed by atoms with Gasteiger partial charge in [0.1, 0.15) is 0 Å². The fraction of sp³-hybridized carbons (Fsp3) is 1.00. The van der Waals surface area contributed by atoms with Gasteiger partial charge in [0, 0.05) is 6.04 Å². The van der Waals surface area contributed by atoms with Crippen molar-refractivity contribution in [2.45, 2.75) is 39.7 Å². The lowest BCUT2D eigenvalue weighted by atomic mass is 10.0. The highest BCUT2D eigenvalue weighted by Crippen LogP contribution is 2.07. The van der Waals surface area contributed by atoms with Crippen LogP contribution < -0.4 is 5.73 Å². The minimum Gasteiger partial charge on any atom is -0.328 e. The smallest absolute Gasteiger partial charge is 0.00130 e. The van der Waals surface area contributed by atoms with Crippen LogP contribution in [0.3, 0.4) is 0 Å². The second kappa shape index (κ2) is 3.90. The summed E-state index contributed by atoms with van der Waals surface area (Å²) < 4.78 is 0. The van der Waals surface area contributed by atoms with E-state index >= 15 is 0 Å². The summed E-state index contributed by atoms with van der Waals surface area (Å²) in [5.41, 5.74) is 5.57. The van der Waals surface area contributed by atoms with Crippen LogP contribution in [-0.4, -0.2) is 6.04 Å². The third kappa shape index (κ3) is 4.13. The summed E-state index contributed by atoms with van der Waals surface area (Å²) in [4.78, 5) is 0. The van der Waals surface area contributed by atoms with Crippen molar-refractivity contribution in [2.75, 3.05) is 0 Å². The van der Waals surface area contributed by atoms with Crippen molar-refractivity contribution in [1.82, 2.24) is 0 Å². The molecule has 0 aliphatic rings. The summed E-state index contributed by atoms with van der Waals surface area (Å²) in [5.74, 6) is 0.801. The summed E-state index contributed by atoms with van der Waals surface area (Å²) >= 11 is 0. The average molecular weight is 115 g/mol. The molecule has 0 aromatic rings. The second-order valence-electron chi connectivity index (χ2n) is 2.73. The average Bonchev–Trinajstić information content (AvgIpc) is 1.65. The molecule has 0 spiro atoms. The molecule has 0 bridgehead atoms. The van der Waals surface area contributed by atoms with Gasteiger partial charge in [-0.05, 0) is 19.3 Å². The largest absolute Gasteiger partial charge is 0.328 e. The summed E-state index contributed by atoms with van der Waals surface area (Å²) in [6.07, 6.45) is 2.41. The van der Waals surface area contributed by atoms with Gasteiger partial charge >= 0.3 is 0 Å². The van der Waals surface area contributed by atoms with Crippen LogP contribution in [0.2, 0.25) is 0 Å². The van der Waals surface area contributed by atoms with Crippen LogP contribution in [0.4, 0.5) is 0 Å². The summed E-state index contributed by atoms with van der Waals surface area (Å²) in [7, 11) is 0. The van der Waals surface area contributed by atoms with Crippen molar-refractivity contribution in [1.29, 1.82) is 0 Å². The Morgan fingerprint density at radius 1 is 1.38 bits per heavy atom. The van der Waals surface area contributed by atoms with Crippen molar-refractivity contribution >= 4 is 0 Å². The topological polar surface area (TPSA) is 26.0 Å². The highest BCUT2D eigenvalue weighted by molar-refractivity contribution is 4.57. The molecular weight excluding hydrogens is 98.1 g/mol. The van der Waals surface area contributed by atoms with Crippen molar-refractivity contribution in [3.63, 3.8) is 0 Å².